The smallest absolute Gasteiger partial charge is 0.277 e. The Morgan fingerprint density at radius 3 is 2.57 bits per heavy atom. The molecule has 5 N–H and O–H groups in total. The second kappa shape index (κ2) is 5.78. The van der Waals surface area contributed by atoms with Crippen LogP contribution in [-0.2, 0) is 10.2 Å². The Morgan fingerprint density at radius 1 is 1.57 bits per heavy atom. The summed E-state index contributed by atoms with van der Waals surface area (Å²) in [5.74, 6) is -0.0164. The van der Waals surface area contributed by atoms with Crippen molar-refractivity contribution in [1.29, 1.82) is 0 Å². The molecule has 0 spiro atoms. The minimum atomic E-state index is -3.48. The predicted molar refractivity (Wildman–Crippen MR) is 53.2 cm³/mol. The molecule has 0 unspecified atom stereocenters. The van der Waals surface area contributed by atoms with E-state index in [0.717, 1.165) is 0 Å². The molecular weight excluding hydrogens is 208 g/mol. The molecule has 0 aromatic rings. The van der Waals surface area contributed by atoms with E-state index in [1.807, 2.05) is 0 Å². The third kappa shape index (κ3) is 6.63. The minimum absolute atomic E-state index is 0.0164. The number of nitrogens with two attached hydrogens (primary N) is 1. The largest absolute Gasteiger partial charge is 0.409 e. The molecular formula is C6H16N4O3S. The molecule has 0 aromatic heterocycles. The van der Waals surface area contributed by atoms with E-state index >= 15 is 0 Å². The SMILES string of the molecule is CC(C)NS(=O)(=O)NCCC(N)=NO. The van der Waals surface area contributed by atoms with E-state index < -0.39 is 10.2 Å². The van der Waals surface area contributed by atoms with Crippen molar-refractivity contribution in [3.8, 4) is 0 Å². The zero-order valence-electron chi connectivity index (χ0n) is 8.19. The summed E-state index contributed by atoms with van der Waals surface area (Å²) in [6, 6.07) is -0.170. The first-order valence-corrected chi connectivity index (χ1v) is 5.59. The maximum Gasteiger partial charge on any atom is 0.277 e. The molecule has 0 saturated heterocycles. The highest BCUT2D eigenvalue weighted by Gasteiger charge is 2.09. The van der Waals surface area contributed by atoms with Crippen molar-refractivity contribution >= 4 is 16.0 Å². The first kappa shape index (κ1) is 13.1. The molecule has 7 nitrogen and oxygen atoms in total. The average molecular weight is 224 g/mol. The fourth-order valence-electron chi connectivity index (χ4n) is 0.715. The Hall–Kier alpha value is -0.860. The number of amidine groups is 1. The summed E-state index contributed by atoms with van der Waals surface area (Å²) in [4.78, 5) is 0. The van der Waals surface area contributed by atoms with Gasteiger partial charge in [-0.25, -0.2) is 4.72 Å². The Balaban J connectivity index is 3.89. The van der Waals surface area contributed by atoms with E-state index in [1.165, 1.54) is 0 Å². The Kier molecular flexibility index (Phi) is 5.43. The normalized spacial score (nSPS) is 13.5. The highest BCUT2D eigenvalue weighted by atomic mass is 32.2. The number of nitrogens with one attached hydrogen (secondary N) is 2. The monoisotopic (exact) mass is 224 g/mol. The summed E-state index contributed by atoms with van der Waals surface area (Å²) < 4.78 is 26.9. The molecule has 8 heteroatoms. The van der Waals surface area contributed by atoms with Crippen LogP contribution >= 0.6 is 0 Å². The topological polar surface area (TPSA) is 117 Å². The summed E-state index contributed by atoms with van der Waals surface area (Å²) in [7, 11) is -3.48. The maximum atomic E-state index is 11.1. The molecule has 0 aliphatic heterocycles. The van der Waals surface area contributed by atoms with Gasteiger partial charge < -0.3 is 10.9 Å². The molecule has 0 aliphatic rings. The van der Waals surface area contributed by atoms with Crippen molar-refractivity contribution in [2.45, 2.75) is 26.3 Å². The van der Waals surface area contributed by atoms with Gasteiger partial charge >= 0.3 is 0 Å². The van der Waals surface area contributed by atoms with Gasteiger partial charge in [0.2, 0.25) is 0 Å². The fraction of sp³-hybridized carbons (Fsp3) is 0.833. The van der Waals surface area contributed by atoms with E-state index in [0.29, 0.717) is 0 Å². The molecule has 0 radical (unpaired) electrons. The lowest BCUT2D eigenvalue weighted by Crippen LogP contribution is -2.41. The van der Waals surface area contributed by atoms with Crippen LogP contribution in [0.5, 0.6) is 0 Å². The molecule has 14 heavy (non-hydrogen) atoms. The summed E-state index contributed by atoms with van der Waals surface area (Å²) in [5.41, 5.74) is 5.15. The molecule has 0 amide bonds. The van der Waals surface area contributed by atoms with Gasteiger partial charge in [0.05, 0.1) is 0 Å². The summed E-state index contributed by atoms with van der Waals surface area (Å²) in [6.07, 6.45) is 0.162. The lowest BCUT2D eigenvalue weighted by atomic mass is 10.4. The Bertz CT molecular complexity index is 285. The van der Waals surface area contributed by atoms with Crippen LogP contribution < -0.4 is 15.2 Å². The molecule has 0 fully saturated rings. The zero-order valence-corrected chi connectivity index (χ0v) is 9.00. The molecule has 84 valence electrons. The standard InChI is InChI=1S/C6H16N4O3S/c1-5(2)10-14(12,13)8-4-3-6(7)9-11/h5,8,10-11H,3-4H2,1-2H3,(H2,7,9). The molecule has 0 bridgehead atoms. The number of hydrogen-bond acceptors (Lipinski definition) is 4. The highest BCUT2D eigenvalue weighted by molar-refractivity contribution is 7.87. The van der Waals surface area contributed by atoms with E-state index in [2.05, 4.69) is 14.6 Å². The third-order valence-electron chi connectivity index (χ3n) is 1.19. The van der Waals surface area contributed by atoms with E-state index in [4.69, 9.17) is 10.9 Å². The molecule has 0 aromatic carbocycles. The molecule has 0 saturated carbocycles. The van der Waals surface area contributed by atoms with Gasteiger partial charge in [0.15, 0.2) is 0 Å². The van der Waals surface area contributed by atoms with Crippen molar-refractivity contribution in [1.82, 2.24) is 9.44 Å². The van der Waals surface area contributed by atoms with Gasteiger partial charge in [0.1, 0.15) is 5.84 Å². The van der Waals surface area contributed by atoms with Crippen LogP contribution in [0.3, 0.4) is 0 Å². The Morgan fingerprint density at radius 2 is 2.14 bits per heavy atom. The number of hydrogen-bond donors (Lipinski definition) is 4. The average Bonchev–Trinajstić information content (AvgIpc) is 2.01. The van der Waals surface area contributed by atoms with Crippen molar-refractivity contribution in [3.05, 3.63) is 0 Å². The summed E-state index contributed by atoms with van der Waals surface area (Å²) in [5, 5.41) is 10.9. The predicted octanol–water partition coefficient (Wildman–Crippen LogP) is -1.04. The van der Waals surface area contributed by atoms with Gasteiger partial charge in [-0.05, 0) is 13.8 Å². The molecule has 0 atom stereocenters. The molecule has 0 heterocycles. The van der Waals surface area contributed by atoms with Crippen molar-refractivity contribution in [2.75, 3.05) is 6.54 Å². The Labute approximate surface area is 83.5 Å². The van der Waals surface area contributed by atoms with Gasteiger partial charge in [0, 0.05) is 19.0 Å². The maximum absolute atomic E-state index is 11.1. The van der Waals surface area contributed by atoms with Crippen LogP contribution in [0, 0.1) is 0 Å². The molecule has 0 aliphatic carbocycles. The van der Waals surface area contributed by atoms with Crippen LogP contribution in [0.4, 0.5) is 0 Å². The minimum Gasteiger partial charge on any atom is -0.409 e. The molecule has 0 rings (SSSR count). The van der Waals surface area contributed by atoms with Gasteiger partial charge in [-0.2, -0.15) is 13.1 Å². The van der Waals surface area contributed by atoms with Crippen LogP contribution in [0.25, 0.3) is 0 Å². The fourth-order valence-corrected chi connectivity index (χ4v) is 1.79. The van der Waals surface area contributed by atoms with E-state index in [9.17, 15) is 8.42 Å². The quantitative estimate of drug-likeness (QED) is 0.199. The zero-order chi connectivity index (χ0) is 11.2. The first-order chi connectivity index (χ1) is 6.37. The van der Waals surface area contributed by atoms with E-state index in [1.54, 1.807) is 13.8 Å². The second-order valence-electron chi connectivity index (χ2n) is 3.01. The van der Waals surface area contributed by atoms with Crippen molar-refractivity contribution in [3.63, 3.8) is 0 Å². The van der Waals surface area contributed by atoms with Crippen molar-refractivity contribution < 1.29 is 13.6 Å². The lowest BCUT2D eigenvalue weighted by molar-refractivity contribution is 0.317. The van der Waals surface area contributed by atoms with E-state index in [-0.39, 0.29) is 24.8 Å². The lowest BCUT2D eigenvalue weighted by Gasteiger charge is -2.09. The van der Waals surface area contributed by atoms with Gasteiger partial charge in [0.25, 0.3) is 10.2 Å². The van der Waals surface area contributed by atoms with Crippen LogP contribution in [-0.4, -0.2) is 32.0 Å². The van der Waals surface area contributed by atoms with Crippen molar-refractivity contribution in [2.24, 2.45) is 10.9 Å². The number of rotatable bonds is 6. The number of nitrogens with zero attached hydrogens (tertiary/aromatic N) is 1. The number of oxime groups is 1. The van der Waals surface area contributed by atoms with Gasteiger partial charge in [-0.1, -0.05) is 5.16 Å². The van der Waals surface area contributed by atoms with Crippen LogP contribution in [0.1, 0.15) is 20.3 Å². The van der Waals surface area contributed by atoms with Crippen LogP contribution in [0.15, 0.2) is 5.16 Å². The summed E-state index contributed by atoms with van der Waals surface area (Å²) in [6.45, 7) is 3.52. The van der Waals surface area contributed by atoms with Crippen LogP contribution in [0.2, 0.25) is 0 Å². The second-order valence-corrected chi connectivity index (χ2v) is 4.54. The van der Waals surface area contributed by atoms with Gasteiger partial charge in [-0.15, -0.1) is 0 Å². The highest BCUT2D eigenvalue weighted by Crippen LogP contribution is 1.84. The first-order valence-electron chi connectivity index (χ1n) is 4.10. The third-order valence-corrected chi connectivity index (χ3v) is 2.56. The summed E-state index contributed by atoms with van der Waals surface area (Å²) >= 11 is 0. The van der Waals surface area contributed by atoms with Gasteiger partial charge in [-0.3, -0.25) is 0 Å².